The Morgan fingerprint density at radius 3 is 1.96 bits per heavy atom. The zero-order chi connectivity index (χ0) is 17.1. The number of piperidine rings is 1. The summed E-state index contributed by atoms with van der Waals surface area (Å²) in [6.07, 6.45) is 3.88. The van der Waals surface area contributed by atoms with Crippen molar-refractivity contribution in [1.29, 1.82) is 0 Å². The maximum atomic E-state index is 10.4. The first kappa shape index (κ1) is 16.1. The molecular formula is C21H27N3O. The van der Waals surface area contributed by atoms with Crippen molar-refractivity contribution < 1.29 is 5.11 Å². The number of phenols is 1. The maximum absolute atomic E-state index is 10.4. The van der Waals surface area contributed by atoms with Crippen LogP contribution >= 0.6 is 0 Å². The number of rotatable bonds is 3. The molecule has 4 rings (SSSR count). The van der Waals surface area contributed by atoms with E-state index in [2.05, 4.69) is 57.2 Å². The average Bonchev–Trinajstić information content (AvgIpc) is 2.70. The molecule has 4 nitrogen and oxygen atoms in total. The Hall–Kier alpha value is -2.36. The van der Waals surface area contributed by atoms with Crippen molar-refractivity contribution in [2.45, 2.75) is 19.3 Å². The molecule has 2 heterocycles. The maximum Gasteiger partial charge on any atom is 0.139 e. The number of phenolic OH excluding ortho intramolecular Hbond substituents is 1. The second-order valence-corrected chi connectivity index (χ2v) is 7.03. The average molecular weight is 337 g/mol. The summed E-state index contributed by atoms with van der Waals surface area (Å²) in [5, 5.41) is 10.4. The van der Waals surface area contributed by atoms with Crippen molar-refractivity contribution in [3.63, 3.8) is 0 Å². The molecule has 4 heteroatoms. The summed E-state index contributed by atoms with van der Waals surface area (Å²) in [7, 11) is 0. The number of anilines is 3. The summed E-state index contributed by atoms with van der Waals surface area (Å²) in [6, 6.07) is 16.7. The minimum Gasteiger partial charge on any atom is -0.506 e. The van der Waals surface area contributed by atoms with E-state index >= 15 is 0 Å². The lowest BCUT2D eigenvalue weighted by molar-refractivity contribution is 0.472. The van der Waals surface area contributed by atoms with E-state index in [1.165, 1.54) is 30.6 Å². The first-order chi connectivity index (χ1) is 12.3. The zero-order valence-electron chi connectivity index (χ0n) is 14.8. The van der Waals surface area contributed by atoms with Crippen molar-refractivity contribution in [2.75, 3.05) is 54.0 Å². The van der Waals surface area contributed by atoms with Crippen LogP contribution < -0.4 is 14.7 Å². The van der Waals surface area contributed by atoms with Gasteiger partial charge in [0.15, 0.2) is 0 Å². The van der Waals surface area contributed by atoms with Gasteiger partial charge in [-0.25, -0.2) is 0 Å². The Labute approximate surface area is 150 Å². The van der Waals surface area contributed by atoms with E-state index in [0.717, 1.165) is 45.0 Å². The van der Waals surface area contributed by atoms with Gasteiger partial charge in [-0.15, -0.1) is 0 Å². The number of piperazine rings is 1. The lowest BCUT2D eigenvalue weighted by Gasteiger charge is -2.38. The van der Waals surface area contributed by atoms with Crippen molar-refractivity contribution in [3.8, 4) is 5.75 Å². The van der Waals surface area contributed by atoms with Gasteiger partial charge in [0.2, 0.25) is 0 Å². The SMILES string of the molecule is Oc1ccc(N2CCCCC2)cc1N1CCN(c2ccccc2)CC1. The van der Waals surface area contributed by atoms with Crippen LogP contribution in [0, 0.1) is 0 Å². The van der Waals surface area contributed by atoms with Gasteiger partial charge in [-0.2, -0.15) is 0 Å². The molecule has 1 N–H and O–H groups in total. The molecule has 0 aliphatic carbocycles. The van der Waals surface area contributed by atoms with Crippen LogP contribution in [0.1, 0.15) is 19.3 Å². The Kier molecular flexibility index (Phi) is 4.68. The van der Waals surface area contributed by atoms with Gasteiger partial charge in [-0.3, -0.25) is 0 Å². The van der Waals surface area contributed by atoms with Crippen LogP contribution in [-0.2, 0) is 0 Å². The van der Waals surface area contributed by atoms with E-state index in [4.69, 9.17) is 0 Å². The van der Waals surface area contributed by atoms with Crippen LogP contribution in [0.25, 0.3) is 0 Å². The standard InChI is InChI=1S/C21H27N3O/c25-21-10-9-19(22-11-5-2-6-12-22)17-20(21)24-15-13-23(14-16-24)18-7-3-1-4-8-18/h1,3-4,7-10,17,25H,2,5-6,11-16H2. The largest absolute Gasteiger partial charge is 0.506 e. The molecule has 2 aliphatic rings. The Bertz CT molecular complexity index is 690. The number of hydrogen-bond acceptors (Lipinski definition) is 4. The smallest absolute Gasteiger partial charge is 0.139 e. The number of hydrogen-bond donors (Lipinski definition) is 1. The monoisotopic (exact) mass is 337 g/mol. The molecule has 0 amide bonds. The second-order valence-electron chi connectivity index (χ2n) is 7.03. The Balaban J connectivity index is 1.47. The Morgan fingerprint density at radius 2 is 1.24 bits per heavy atom. The summed E-state index contributed by atoms with van der Waals surface area (Å²) < 4.78 is 0. The molecule has 0 unspecified atom stereocenters. The van der Waals surface area contributed by atoms with Crippen LogP contribution in [0.15, 0.2) is 48.5 Å². The Morgan fingerprint density at radius 1 is 0.600 bits per heavy atom. The lowest BCUT2D eigenvalue weighted by atomic mass is 10.1. The second kappa shape index (κ2) is 7.26. The molecule has 0 aromatic heterocycles. The van der Waals surface area contributed by atoms with Crippen LogP contribution in [0.3, 0.4) is 0 Å². The van der Waals surface area contributed by atoms with Gasteiger partial charge in [0.05, 0.1) is 5.69 Å². The van der Waals surface area contributed by atoms with Crippen molar-refractivity contribution in [1.82, 2.24) is 0 Å². The van der Waals surface area contributed by atoms with Gasteiger partial charge >= 0.3 is 0 Å². The fourth-order valence-electron chi connectivity index (χ4n) is 3.96. The van der Waals surface area contributed by atoms with E-state index < -0.39 is 0 Å². The van der Waals surface area contributed by atoms with Crippen LogP contribution in [0.5, 0.6) is 5.75 Å². The first-order valence-electron chi connectivity index (χ1n) is 9.44. The van der Waals surface area contributed by atoms with E-state index in [1.807, 2.05) is 6.07 Å². The van der Waals surface area contributed by atoms with Gasteiger partial charge in [0.1, 0.15) is 5.75 Å². The van der Waals surface area contributed by atoms with E-state index in [9.17, 15) is 5.11 Å². The molecule has 2 aromatic carbocycles. The number of aromatic hydroxyl groups is 1. The highest BCUT2D eigenvalue weighted by atomic mass is 16.3. The lowest BCUT2D eigenvalue weighted by Crippen LogP contribution is -2.46. The fraction of sp³-hybridized carbons (Fsp3) is 0.429. The van der Waals surface area contributed by atoms with E-state index in [0.29, 0.717) is 5.75 Å². The third kappa shape index (κ3) is 3.53. The zero-order valence-corrected chi connectivity index (χ0v) is 14.8. The predicted molar refractivity (Wildman–Crippen MR) is 105 cm³/mol. The van der Waals surface area contributed by atoms with Gasteiger partial charge < -0.3 is 19.8 Å². The summed E-state index contributed by atoms with van der Waals surface area (Å²) in [4.78, 5) is 7.19. The molecule has 0 bridgehead atoms. The number of para-hydroxylation sites is 1. The van der Waals surface area contributed by atoms with Crippen molar-refractivity contribution in [3.05, 3.63) is 48.5 Å². The molecular weight excluding hydrogens is 310 g/mol. The summed E-state index contributed by atoms with van der Waals surface area (Å²) in [6.45, 7) is 6.10. The molecule has 0 atom stereocenters. The molecule has 2 saturated heterocycles. The highest BCUT2D eigenvalue weighted by Crippen LogP contribution is 2.34. The van der Waals surface area contributed by atoms with Gasteiger partial charge in [-0.1, -0.05) is 18.2 Å². The molecule has 2 fully saturated rings. The summed E-state index contributed by atoms with van der Waals surface area (Å²) >= 11 is 0. The minimum atomic E-state index is 0.397. The molecule has 0 radical (unpaired) electrons. The van der Waals surface area contributed by atoms with Crippen molar-refractivity contribution >= 4 is 17.1 Å². The minimum absolute atomic E-state index is 0.397. The van der Waals surface area contributed by atoms with Crippen molar-refractivity contribution in [2.24, 2.45) is 0 Å². The van der Waals surface area contributed by atoms with Gasteiger partial charge in [0, 0.05) is 50.6 Å². The highest BCUT2D eigenvalue weighted by Gasteiger charge is 2.21. The third-order valence-electron chi connectivity index (χ3n) is 5.42. The van der Waals surface area contributed by atoms with E-state index in [-0.39, 0.29) is 0 Å². The molecule has 0 saturated carbocycles. The normalized spacial score (nSPS) is 18.5. The van der Waals surface area contributed by atoms with Crippen LogP contribution in [0.2, 0.25) is 0 Å². The summed E-state index contributed by atoms with van der Waals surface area (Å²) in [5.41, 5.74) is 3.52. The molecule has 2 aromatic rings. The topological polar surface area (TPSA) is 30.0 Å². The van der Waals surface area contributed by atoms with Gasteiger partial charge in [-0.05, 0) is 49.6 Å². The first-order valence-corrected chi connectivity index (χ1v) is 9.44. The predicted octanol–water partition coefficient (Wildman–Crippen LogP) is 3.71. The molecule has 132 valence electrons. The van der Waals surface area contributed by atoms with Gasteiger partial charge in [0.25, 0.3) is 0 Å². The molecule has 0 spiro atoms. The quantitative estimate of drug-likeness (QED) is 0.925. The number of nitrogens with zero attached hydrogens (tertiary/aromatic N) is 3. The molecule has 25 heavy (non-hydrogen) atoms. The highest BCUT2D eigenvalue weighted by molar-refractivity contribution is 5.67. The van der Waals surface area contributed by atoms with E-state index in [1.54, 1.807) is 0 Å². The van der Waals surface area contributed by atoms with Crippen LogP contribution in [-0.4, -0.2) is 44.4 Å². The van der Waals surface area contributed by atoms with Crippen LogP contribution in [0.4, 0.5) is 17.1 Å². The third-order valence-corrected chi connectivity index (χ3v) is 5.42. The summed E-state index contributed by atoms with van der Waals surface area (Å²) in [5.74, 6) is 0.397. The number of benzene rings is 2. The fourth-order valence-corrected chi connectivity index (χ4v) is 3.96. The molecule has 2 aliphatic heterocycles.